The minimum Gasteiger partial charge on any atom is -0.362 e. The van der Waals surface area contributed by atoms with Crippen molar-refractivity contribution in [3.8, 4) is 6.07 Å². The van der Waals surface area contributed by atoms with E-state index in [0.29, 0.717) is 18.0 Å². The molecule has 0 saturated heterocycles. The van der Waals surface area contributed by atoms with Gasteiger partial charge in [0.05, 0.1) is 11.1 Å². The zero-order valence-corrected chi connectivity index (χ0v) is 12.1. The molecule has 1 saturated carbocycles. The van der Waals surface area contributed by atoms with Gasteiger partial charge < -0.3 is 11.1 Å². The third-order valence-electron chi connectivity index (χ3n) is 4.73. The van der Waals surface area contributed by atoms with Gasteiger partial charge in [-0.3, -0.25) is 0 Å². The Labute approximate surface area is 120 Å². The van der Waals surface area contributed by atoms with Crippen LogP contribution in [0.15, 0.2) is 6.07 Å². The summed E-state index contributed by atoms with van der Waals surface area (Å²) in [6, 6.07) is 4.31. The first kappa shape index (κ1) is 13.4. The standard InChI is InChI=1S/C16H22N4/c1-16(10-18,13-6-7-13)20-15-12(9-17)8-11-4-2-3-5-14(11)19-15/h8,13H,2-7,10,18H2,1H3,(H,19,20). The van der Waals surface area contributed by atoms with Gasteiger partial charge in [-0.25, -0.2) is 4.98 Å². The molecule has 1 heterocycles. The van der Waals surface area contributed by atoms with E-state index in [1.165, 1.54) is 31.2 Å². The fourth-order valence-corrected chi connectivity index (χ4v) is 3.12. The van der Waals surface area contributed by atoms with Crippen LogP contribution in [0.25, 0.3) is 0 Å². The first-order valence-electron chi connectivity index (χ1n) is 7.57. The van der Waals surface area contributed by atoms with Gasteiger partial charge in [0.2, 0.25) is 0 Å². The van der Waals surface area contributed by atoms with E-state index in [2.05, 4.69) is 18.3 Å². The molecule has 0 spiro atoms. The van der Waals surface area contributed by atoms with E-state index in [1.807, 2.05) is 6.07 Å². The maximum atomic E-state index is 9.38. The number of pyridine rings is 1. The summed E-state index contributed by atoms with van der Waals surface area (Å²) in [6.45, 7) is 2.72. The van der Waals surface area contributed by atoms with Gasteiger partial charge in [0.1, 0.15) is 11.9 Å². The van der Waals surface area contributed by atoms with Crippen molar-refractivity contribution < 1.29 is 0 Å². The number of hydrogen-bond donors (Lipinski definition) is 2. The number of aryl methyl sites for hydroxylation is 2. The fourth-order valence-electron chi connectivity index (χ4n) is 3.12. The minimum atomic E-state index is -0.137. The summed E-state index contributed by atoms with van der Waals surface area (Å²) in [5.74, 6) is 1.34. The van der Waals surface area contributed by atoms with E-state index >= 15 is 0 Å². The topological polar surface area (TPSA) is 74.7 Å². The smallest absolute Gasteiger partial charge is 0.144 e. The van der Waals surface area contributed by atoms with Gasteiger partial charge in [0.15, 0.2) is 0 Å². The second-order valence-corrected chi connectivity index (χ2v) is 6.33. The van der Waals surface area contributed by atoms with Crippen LogP contribution in [0.1, 0.15) is 49.4 Å². The van der Waals surface area contributed by atoms with Crippen molar-refractivity contribution in [2.24, 2.45) is 11.7 Å². The normalized spacial score (nSPS) is 20.6. The summed E-state index contributed by atoms with van der Waals surface area (Å²) >= 11 is 0. The lowest BCUT2D eigenvalue weighted by molar-refractivity contribution is 0.457. The zero-order chi connectivity index (χ0) is 14.2. The Morgan fingerprint density at radius 1 is 1.45 bits per heavy atom. The Hall–Kier alpha value is -1.60. The maximum Gasteiger partial charge on any atom is 0.144 e. The van der Waals surface area contributed by atoms with Gasteiger partial charge in [0, 0.05) is 12.2 Å². The number of hydrogen-bond acceptors (Lipinski definition) is 4. The van der Waals surface area contributed by atoms with E-state index in [-0.39, 0.29) is 5.54 Å². The molecule has 1 unspecified atom stereocenters. The van der Waals surface area contributed by atoms with Crippen LogP contribution in [0.2, 0.25) is 0 Å². The largest absolute Gasteiger partial charge is 0.362 e. The highest BCUT2D eigenvalue weighted by Gasteiger charge is 2.41. The predicted octanol–water partition coefficient (Wildman–Crippen LogP) is 2.37. The lowest BCUT2D eigenvalue weighted by Crippen LogP contribution is -2.45. The third kappa shape index (κ3) is 2.38. The molecule has 0 bridgehead atoms. The monoisotopic (exact) mass is 270 g/mol. The van der Waals surface area contributed by atoms with Crippen molar-refractivity contribution in [1.29, 1.82) is 5.26 Å². The Morgan fingerprint density at radius 3 is 2.85 bits per heavy atom. The van der Waals surface area contributed by atoms with Crippen molar-refractivity contribution >= 4 is 5.82 Å². The molecular weight excluding hydrogens is 248 g/mol. The van der Waals surface area contributed by atoms with Crippen LogP contribution in [0.5, 0.6) is 0 Å². The van der Waals surface area contributed by atoms with E-state index in [0.717, 1.165) is 24.4 Å². The molecule has 0 aliphatic heterocycles. The van der Waals surface area contributed by atoms with E-state index in [9.17, 15) is 5.26 Å². The van der Waals surface area contributed by atoms with Crippen molar-refractivity contribution in [3.63, 3.8) is 0 Å². The molecule has 0 aromatic carbocycles. The maximum absolute atomic E-state index is 9.38. The molecule has 3 N–H and O–H groups in total. The molecule has 1 aromatic heterocycles. The van der Waals surface area contributed by atoms with Crippen LogP contribution in [-0.2, 0) is 12.8 Å². The molecule has 2 aliphatic carbocycles. The number of rotatable bonds is 4. The Kier molecular flexibility index (Phi) is 3.39. The van der Waals surface area contributed by atoms with Gasteiger partial charge in [-0.15, -0.1) is 0 Å². The third-order valence-corrected chi connectivity index (χ3v) is 4.73. The van der Waals surface area contributed by atoms with Gasteiger partial charge in [0.25, 0.3) is 0 Å². The summed E-state index contributed by atoms with van der Waals surface area (Å²) in [7, 11) is 0. The van der Waals surface area contributed by atoms with E-state index in [4.69, 9.17) is 10.7 Å². The molecule has 1 fully saturated rings. The number of nitriles is 1. The summed E-state index contributed by atoms with van der Waals surface area (Å²) in [6.07, 6.45) is 6.91. The van der Waals surface area contributed by atoms with Gasteiger partial charge in [-0.05, 0) is 63.0 Å². The first-order valence-corrected chi connectivity index (χ1v) is 7.57. The van der Waals surface area contributed by atoms with Crippen LogP contribution in [0.4, 0.5) is 5.82 Å². The average Bonchev–Trinajstić information content (AvgIpc) is 3.31. The summed E-state index contributed by atoms with van der Waals surface area (Å²) in [5, 5.41) is 12.9. The summed E-state index contributed by atoms with van der Waals surface area (Å²) < 4.78 is 0. The highest BCUT2D eigenvalue weighted by molar-refractivity contribution is 5.56. The Balaban J connectivity index is 1.94. The van der Waals surface area contributed by atoms with Crippen LogP contribution < -0.4 is 11.1 Å². The molecule has 106 valence electrons. The summed E-state index contributed by atoms with van der Waals surface area (Å²) in [4.78, 5) is 4.74. The van der Waals surface area contributed by atoms with Gasteiger partial charge >= 0.3 is 0 Å². The van der Waals surface area contributed by atoms with Crippen LogP contribution >= 0.6 is 0 Å². The molecule has 2 aliphatic rings. The highest BCUT2D eigenvalue weighted by Crippen LogP contribution is 2.41. The highest BCUT2D eigenvalue weighted by atomic mass is 15.1. The van der Waals surface area contributed by atoms with Crippen LogP contribution in [0.3, 0.4) is 0 Å². The number of anilines is 1. The average molecular weight is 270 g/mol. The molecule has 1 atom stereocenters. The van der Waals surface area contributed by atoms with E-state index in [1.54, 1.807) is 0 Å². The summed E-state index contributed by atoms with van der Waals surface area (Å²) in [5.41, 5.74) is 8.88. The number of fused-ring (bicyclic) bond motifs is 1. The molecule has 1 aromatic rings. The second kappa shape index (κ2) is 5.06. The van der Waals surface area contributed by atoms with E-state index < -0.39 is 0 Å². The van der Waals surface area contributed by atoms with Crippen LogP contribution in [-0.4, -0.2) is 17.1 Å². The number of nitrogens with two attached hydrogens (primary N) is 1. The SMILES string of the molecule is CC(CN)(Nc1nc2c(cc1C#N)CCCC2)C1CC1. The Morgan fingerprint density at radius 2 is 2.20 bits per heavy atom. The molecular formula is C16H22N4. The quantitative estimate of drug-likeness (QED) is 0.880. The number of nitrogens with one attached hydrogen (secondary N) is 1. The first-order chi connectivity index (χ1) is 9.66. The second-order valence-electron chi connectivity index (χ2n) is 6.33. The molecule has 20 heavy (non-hydrogen) atoms. The molecule has 3 rings (SSSR count). The number of nitrogens with zero attached hydrogens (tertiary/aromatic N) is 2. The van der Waals surface area contributed by atoms with Gasteiger partial charge in [-0.2, -0.15) is 5.26 Å². The van der Waals surface area contributed by atoms with Crippen LogP contribution in [0, 0.1) is 17.2 Å². The van der Waals surface area contributed by atoms with Crippen molar-refractivity contribution in [2.45, 2.75) is 51.0 Å². The Bertz CT molecular complexity index is 556. The molecule has 0 radical (unpaired) electrons. The lowest BCUT2D eigenvalue weighted by Gasteiger charge is -2.31. The fraction of sp³-hybridized carbons (Fsp3) is 0.625. The molecule has 4 nitrogen and oxygen atoms in total. The minimum absolute atomic E-state index is 0.137. The lowest BCUT2D eigenvalue weighted by atomic mass is 9.93. The predicted molar refractivity (Wildman–Crippen MR) is 79.4 cm³/mol. The molecule has 4 heteroatoms. The molecule has 0 amide bonds. The number of aromatic nitrogens is 1. The van der Waals surface area contributed by atoms with Crippen molar-refractivity contribution in [1.82, 2.24) is 4.98 Å². The zero-order valence-electron chi connectivity index (χ0n) is 12.1. The van der Waals surface area contributed by atoms with Gasteiger partial charge in [-0.1, -0.05) is 0 Å². The van der Waals surface area contributed by atoms with Crippen molar-refractivity contribution in [2.75, 3.05) is 11.9 Å². The van der Waals surface area contributed by atoms with Crippen molar-refractivity contribution in [3.05, 3.63) is 22.9 Å².